The number of carboxylic acids is 2. The molecule has 0 aliphatic heterocycles. The second-order valence-electron chi connectivity index (χ2n) is 6.30. The number of ether oxygens (including phenoxy) is 1. The van der Waals surface area contributed by atoms with Crippen LogP contribution in [-0.2, 0) is 9.59 Å². The van der Waals surface area contributed by atoms with Crippen molar-refractivity contribution >= 4 is 34.0 Å². The van der Waals surface area contributed by atoms with Gasteiger partial charge < -0.3 is 19.8 Å². The van der Waals surface area contributed by atoms with Gasteiger partial charge in [-0.3, -0.25) is 0 Å². The second-order valence-corrected chi connectivity index (χ2v) is 7.28. The van der Waals surface area contributed by atoms with Crippen molar-refractivity contribution in [3.63, 3.8) is 0 Å². The van der Waals surface area contributed by atoms with E-state index in [1.165, 1.54) is 15.6 Å². The minimum atomic E-state index is -1.82. The van der Waals surface area contributed by atoms with Gasteiger partial charge >= 0.3 is 11.9 Å². The Bertz CT molecular complexity index is 891. The van der Waals surface area contributed by atoms with E-state index < -0.39 is 11.9 Å². The van der Waals surface area contributed by atoms with E-state index in [-0.39, 0.29) is 6.10 Å². The lowest BCUT2D eigenvalue weighted by molar-refractivity contribution is -0.159. The molecule has 6 nitrogen and oxygen atoms in total. The Morgan fingerprint density at radius 3 is 2.29 bits per heavy atom. The molecular weight excluding hydrogens is 378 g/mol. The summed E-state index contributed by atoms with van der Waals surface area (Å²) >= 11 is 1.76. The number of fused-ring (bicyclic) bond motifs is 1. The third-order valence-corrected chi connectivity index (χ3v) is 4.87. The number of benzene rings is 2. The molecule has 0 spiro atoms. The van der Waals surface area contributed by atoms with Crippen molar-refractivity contribution in [2.75, 3.05) is 20.6 Å². The molecule has 0 fully saturated rings. The zero-order chi connectivity index (χ0) is 20.5. The van der Waals surface area contributed by atoms with Gasteiger partial charge in [-0.1, -0.05) is 42.5 Å². The maximum atomic E-state index is 9.10. The van der Waals surface area contributed by atoms with Gasteiger partial charge in [0, 0.05) is 23.2 Å². The van der Waals surface area contributed by atoms with Crippen LogP contribution in [0.4, 0.5) is 0 Å². The minimum absolute atomic E-state index is 0.105. The van der Waals surface area contributed by atoms with Gasteiger partial charge in [0.25, 0.3) is 0 Å². The van der Waals surface area contributed by atoms with Gasteiger partial charge in [-0.05, 0) is 37.0 Å². The first-order valence-electron chi connectivity index (χ1n) is 8.67. The Labute approximate surface area is 167 Å². The van der Waals surface area contributed by atoms with Crippen LogP contribution < -0.4 is 4.74 Å². The van der Waals surface area contributed by atoms with Gasteiger partial charge in [-0.25, -0.2) is 9.59 Å². The first kappa shape index (κ1) is 21.4. The summed E-state index contributed by atoms with van der Waals surface area (Å²) < 4.78 is 6.41. The Hall–Kier alpha value is -2.90. The molecule has 0 unspecified atom stereocenters. The van der Waals surface area contributed by atoms with Crippen LogP contribution in [0.15, 0.2) is 60.0 Å². The van der Waals surface area contributed by atoms with Gasteiger partial charge in [0.2, 0.25) is 0 Å². The van der Waals surface area contributed by atoms with Crippen LogP contribution in [0.2, 0.25) is 0 Å². The molecule has 0 bridgehead atoms. The lowest BCUT2D eigenvalue weighted by Crippen LogP contribution is -2.18. The average molecular weight is 401 g/mol. The third-order valence-electron chi connectivity index (χ3n) is 3.90. The number of carboxylic acid groups (broad SMARTS) is 2. The number of carbonyl (C=O) groups is 2. The van der Waals surface area contributed by atoms with Gasteiger partial charge in [0.05, 0.1) is 0 Å². The molecular formula is C21H23NO5S. The Kier molecular flexibility index (Phi) is 7.98. The summed E-state index contributed by atoms with van der Waals surface area (Å²) in [4.78, 5) is 21.7. The molecule has 7 heteroatoms. The average Bonchev–Trinajstić information content (AvgIpc) is 3.20. The molecule has 1 aromatic heterocycles. The predicted octanol–water partition coefficient (Wildman–Crippen LogP) is 4.13. The molecule has 1 heterocycles. The van der Waals surface area contributed by atoms with E-state index in [9.17, 15) is 0 Å². The van der Waals surface area contributed by atoms with E-state index in [2.05, 4.69) is 79.0 Å². The Morgan fingerprint density at radius 2 is 1.68 bits per heavy atom. The summed E-state index contributed by atoms with van der Waals surface area (Å²) in [5.74, 6) is -2.68. The van der Waals surface area contributed by atoms with Crippen molar-refractivity contribution in [1.29, 1.82) is 0 Å². The van der Waals surface area contributed by atoms with Crippen LogP contribution >= 0.6 is 11.3 Å². The Morgan fingerprint density at radius 1 is 1.00 bits per heavy atom. The molecule has 2 aromatic carbocycles. The topological polar surface area (TPSA) is 87.1 Å². The van der Waals surface area contributed by atoms with Crippen LogP contribution in [0.1, 0.15) is 17.4 Å². The number of aliphatic carboxylic acids is 2. The maximum absolute atomic E-state index is 9.10. The molecule has 0 radical (unpaired) electrons. The highest BCUT2D eigenvalue weighted by atomic mass is 32.1. The molecule has 0 saturated heterocycles. The van der Waals surface area contributed by atoms with Crippen molar-refractivity contribution in [2.45, 2.75) is 12.5 Å². The summed E-state index contributed by atoms with van der Waals surface area (Å²) in [7, 11) is 4.20. The molecule has 0 aliphatic rings. The molecule has 0 saturated carbocycles. The fourth-order valence-corrected chi connectivity index (χ4v) is 3.35. The third kappa shape index (κ3) is 6.37. The molecule has 148 valence electrons. The number of hydrogen-bond donors (Lipinski definition) is 2. The summed E-state index contributed by atoms with van der Waals surface area (Å²) in [5.41, 5.74) is 0. The van der Waals surface area contributed by atoms with Crippen molar-refractivity contribution < 1.29 is 24.5 Å². The molecule has 0 amide bonds. The predicted molar refractivity (Wildman–Crippen MR) is 110 cm³/mol. The van der Waals surface area contributed by atoms with Crippen molar-refractivity contribution in [3.05, 3.63) is 64.9 Å². The Balaban J connectivity index is 0.000000409. The smallest absolute Gasteiger partial charge is 0.414 e. The highest BCUT2D eigenvalue weighted by Gasteiger charge is 2.16. The quantitative estimate of drug-likeness (QED) is 0.604. The summed E-state index contributed by atoms with van der Waals surface area (Å²) in [6.07, 6.45) is 1.09. The minimum Gasteiger partial charge on any atom is -0.484 e. The van der Waals surface area contributed by atoms with Crippen molar-refractivity contribution in [3.8, 4) is 5.75 Å². The number of thiophene rings is 1. The van der Waals surface area contributed by atoms with E-state index in [0.29, 0.717) is 0 Å². The molecule has 1 atom stereocenters. The maximum Gasteiger partial charge on any atom is 0.414 e. The van der Waals surface area contributed by atoms with E-state index in [4.69, 9.17) is 24.5 Å². The van der Waals surface area contributed by atoms with Gasteiger partial charge in [-0.2, -0.15) is 0 Å². The van der Waals surface area contributed by atoms with Gasteiger partial charge in [0.15, 0.2) is 0 Å². The van der Waals surface area contributed by atoms with E-state index in [1.807, 2.05) is 0 Å². The molecule has 28 heavy (non-hydrogen) atoms. The molecule has 3 rings (SSSR count). The van der Waals surface area contributed by atoms with Crippen LogP contribution in [0, 0.1) is 0 Å². The van der Waals surface area contributed by atoms with Crippen molar-refractivity contribution in [1.82, 2.24) is 4.90 Å². The standard InChI is InChI=1S/C19H21NOS.C2H2O4/c1-20(2)13-12-18(19-11-6-14-22-19)21-17-10-5-8-15-7-3-4-9-16(15)17;3-1(4)2(5)6/h3-11,14,18H,12-13H2,1-2H3;(H,3,4)(H,5,6)/t18-;/m1./s1. The number of rotatable bonds is 6. The summed E-state index contributed by atoms with van der Waals surface area (Å²) in [6.45, 7) is 1.01. The molecule has 3 aromatic rings. The zero-order valence-corrected chi connectivity index (χ0v) is 16.6. The zero-order valence-electron chi connectivity index (χ0n) is 15.7. The van der Waals surface area contributed by atoms with Crippen LogP contribution in [0.5, 0.6) is 5.75 Å². The monoisotopic (exact) mass is 401 g/mol. The fraction of sp³-hybridized carbons (Fsp3) is 0.238. The van der Waals surface area contributed by atoms with E-state index in [0.717, 1.165) is 18.7 Å². The summed E-state index contributed by atoms with van der Waals surface area (Å²) in [6, 6.07) is 18.9. The highest BCUT2D eigenvalue weighted by molar-refractivity contribution is 7.10. The van der Waals surface area contributed by atoms with Crippen LogP contribution in [0.25, 0.3) is 10.8 Å². The van der Waals surface area contributed by atoms with E-state index >= 15 is 0 Å². The fourth-order valence-electron chi connectivity index (χ4n) is 2.56. The molecule has 2 N–H and O–H groups in total. The van der Waals surface area contributed by atoms with E-state index in [1.54, 1.807) is 11.3 Å². The lowest BCUT2D eigenvalue weighted by Gasteiger charge is -2.21. The van der Waals surface area contributed by atoms with Crippen LogP contribution in [0.3, 0.4) is 0 Å². The van der Waals surface area contributed by atoms with Crippen LogP contribution in [-0.4, -0.2) is 47.7 Å². The van der Waals surface area contributed by atoms with Gasteiger partial charge in [-0.15, -0.1) is 11.3 Å². The highest BCUT2D eigenvalue weighted by Crippen LogP contribution is 2.32. The lowest BCUT2D eigenvalue weighted by atomic mass is 10.1. The van der Waals surface area contributed by atoms with Gasteiger partial charge in [0.1, 0.15) is 11.9 Å². The largest absolute Gasteiger partial charge is 0.484 e. The normalized spacial score (nSPS) is 11.5. The van der Waals surface area contributed by atoms with Crippen molar-refractivity contribution in [2.24, 2.45) is 0 Å². The second kappa shape index (κ2) is 10.4. The SMILES string of the molecule is CN(C)CC[C@@H](Oc1cccc2ccccc12)c1cccs1.O=C(O)C(=O)O. The number of nitrogens with zero attached hydrogens (tertiary/aromatic N) is 1. The summed E-state index contributed by atoms with van der Waals surface area (Å²) in [5, 5.41) is 19.3. The first-order chi connectivity index (χ1) is 13.4. The first-order valence-corrected chi connectivity index (χ1v) is 9.55. The molecule has 0 aliphatic carbocycles. The number of hydrogen-bond acceptors (Lipinski definition) is 5.